The molecular weight excluding hydrogens is 474 g/mol. The van der Waals surface area contributed by atoms with Gasteiger partial charge in [0, 0.05) is 5.75 Å². The van der Waals surface area contributed by atoms with Gasteiger partial charge in [0.25, 0.3) is 5.13 Å². The van der Waals surface area contributed by atoms with Gasteiger partial charge in [-0.1, -0.05) is 94.7 Å². The molecule has 2 N–H and O–H groups in total. The molecule has 3 aromatic rings. The molecule has 7 nitrogen and oxygen atoms in total. The summed E-state index contributed by atoms with van der Waals surface area (Å²) in [5.74, 6) is 3.79. The molecule has 0 radical (unpaired) electrons. The number of anilines is 1. The lowest BCUT2D eigenvalue weighted by Gasteiger charge is -2.17. The number of thioether (sulfide) groups is 1. The number of rotatable bonds is 14. The molecule has 190 valence electrons. The molecule has 0 aliphatic carbocycles. The summed E-state index contributed by atoms with van der Waals surface area (Å²) in [4.78, 5) is 0. The zero-order chi connectivity index (χ0) is 25.2. The Bertz CT molecular complexity index is 1060. The highest BCUT2D eigenvalue weighted by atomic mass is 32.2. The molecule has 0 amide bonds. The van der Waals surface area contributed by atoms with Crippen molar-refractivity contribution < 1.29 is 0 Å². The minimum absolute atomic E-state index is 0.460. The second-order valence-corrected chi connectivity index (χ2v) is 12.2. The molecule has 0 spiro atoms. The Morgan fingerprint density at radius 2 is 1.66 bits per heavy atom. The van der Waals surface area contributed by atoms with E-state index in [4.69, 9.17) is 5.73 Å². The second-order valence-electron chi connectivity index (χ2n) is 9.94. The first-order valence-electron chi connectivity index (χ1n) is 12.6. The van der Waals surface area contributed by atoms with E-state index in [1.165, 1.54) is 49.9 Å². The Hall–Kier alpha value is -2.26. The molecule has 0 fully saturated rings. The van der Waals surface area contributed by atoms with Crippen LogP contribution in [0.2, 0.25) is 0 Å². The topological polar surface area (TPSA) is 94.3 Å². The SMILES string of the molecule is Cc1nn(-c2ccccc2)c(N)c1/N=N/c1nnc(SCC(CCCCC(C)C)CCC(C)C)s1. The zero-order valence-electron chi connectivity index (χ0n) is 21.6. The molecule has 0 bridgehead atoms. The second kappa shape index (κ2) is 13.7. The van der Waals surface area contributed by atoms with Crippen molar-refractivity contribution in [2.75, 3.05) is 11.5 Å². The first kappa shape index (κ1) is 27.3. The Morgan fingerprint density at radius 1 is 0.943 bits per heavy atom. The summed E-state index contributed by atoms with van der Waals surface area (Å²) in [6, 6.07) is 9.77. The van der Waals surface area contributed by atoms with Crippen molar-refractivity contribution in [3.63, 3.8) is 0 Å². The number of benzene rings is 1. The van der Waals surface area contributed by atoms with Crippen molar-refractivity contribution in [2.45, 2.75) is 77.5 Å². The van der Waals surface area contributed by atoms with Crippen LogP contribution in [-0.4, -0.2) is 25.7 Å². The quantitative estimate of drug-likeness (QED) is 0.133. The van der Waals surface area contributed by atoms with E-state index in [2.05, 4.69) is 53.2 Å². The molecule has 3 rings (SSSR count). The first-order chi connectivity index (χ1) is 16.8. The number of hydrogen-bond acceptors (Lipinski definition) is 8. The molecule has 0 saturated carbocycles. The fourth-order valence-corrected chi connectivity index (χ4v) is 5.75. The summed E-state index contributed by atoms with van der Waals surface area (Å²) in [6.45, 7) is 11.1. The lowest BCUT2D eigenvalue weighted by Crippen LogP contribution is -2.06. The highest BCUT2D eigenvalue weighted by molar-refractivity contribution is 8.01. The Morgan fingerprint density at radius 3 is 2.37 bits per heavy atom. The third-order valence-corrected chi connectivity index (χ3v) is 8.11. The minimum atomic E-state index is 0.460. The number of unbranched alkanes of at least 4 members (excludes halogenated alkanes) is 1. The standard InChI is InChI=1S/C26H39N7S2/c1-18(2)11-9-10-12-21(16-15-19(3)4)17-34-26-31-30-25(35-26)29-28-23-20(5)32-33(24(23)27)22-13-7-6-8-14-22/h6-8,13-14,18-19,21H,9-12,15-17,27H2,1-5H3/b29-28+. The van der Waals surface area contributed by atoms with Crippen LogP contribution < -0.4 is 5.73 Å². The Balaban J connectivity index is 1.58. The van der Waals surface area contributed by atoms with E-state index in [0.717, 1.165) is 39.2 Å². The van der Waals surface area contributed by atoms with Crippen LogP contribution in [0, 0.1) is 24.7 Å². The van der Waals surface area contributed by atoms with Crippen LogP contribution in [0.3, 0.4) is 0 Å². The van der Waals surface area contributed by atoms with Gasteiger partial charge in [-0.05, 0) is 49.7 Å². The van der Waals surface area contributed by atoms with Gasteiger partial charge in [-0.2, -0.15) is 5.10 Å². The molecule has 1 aromatic carbocycles. The smallest absolute Gasteiger partial charge is 0.252 e. The number of para-hydroxylation sites is 1. The molecular formula is C26H39N7S2. The number of hydrogen-bond donors (Lipinski definition) is 1. The van der Waals surface area contributed by atoms with Crippen LogP contribution in [0.25, 0.3) is 5.69 Å². The first-order valence-corrected chi connectivity index (χ1v) is 14.4. The van der Waals surface area contributed by atoms with Crippen LogP contribution in [0.4, 0.5) is 16.6 Å². The molecule has 0 saturated heterocycles. The van der Waals surface area contributed by atoms with Gasteiger partial charge in [-0.15, -0.1) is 20.4 Å². The van der Waals surface area contributed by atoms with Gasteiger partial charge < -0.3 is 5.73 Å². The Labute approximate surface area is 218 Å². The highest BCUT2D eigenvalue weighted by Crippen LogP contribution is 2.34. The van der Waals surface area contributed by atoms with Crippen molar-refractivity contribution in [1.29, 1.82) is 0 Å². The van der Waals surface area contributed by atoms with Crippen LogP contribution in [0.1, 0.15) is 71.9 Å². The summed E-state index contributed by atoms with van der Waals surface area (Å²) in [7, 11) is 0. The van der Waals surface area contributed by atoms with Gasteiger partial charge in [-0.25, -0.2) is 4.68 Å². The van der Waals surface area contributed by atoms with Crippen molar-refractivity contribution in [3.8, 4) is 5.69 Å². The monoisotopic (exact) mass is 513 g/mol. The number of nitrogen functional groups attached to an aromatic ring is 1. The average molecular weight is 514 g/mol. The summed E-state index contributed by atoms with van der Waals surface area (Å²) >= 11 is 3.27. The van der Waals surface area contributed by atoms with E-state index in [1.807, 2.05) is 37.3 Å². The number of azo groups is 1. The van der Waals surface area contributed by atoms with E-state index in [0.29, 0.717) is 16.6 Å². The molecule has 0 aliphatic heterocycles. The predicted molar refractivity (Wildman–Crippen MR) is 148 cm³/mol. The third-order valence-electron chi connectivity index (χ3n) is 5.93. The maximum absolute atomic E-state index is 6.31. The minimum Gasteiger partial charge on any atom is -0.382 e. The average Bonchev–Trinajstić information content (AvgIpc) is 3.40. The van der Waals surface area contributed by atoms with Gasteiger partial charge in [-0.3, -0.25) is 0 Å². The zero-order valence-corrected chi connectivity index (χ0v) is 23.3. The predicted octanol–water partition coefficient (Wildman–Crippen LogP) is 8.39. The summed E-state index contributed by atoms with van der Waals surface area (Å²) in [5, 5.41) is 22.3. The molecule has 35 heavy (non-hydrogen) atoms. The number of aryl methyl sites for hydroxylation is 1. The van der Waals surface area contributed by atoms with Gasteiger partial charge >= 0.3 is 0 Å². The molecule has 1 unspecified atom stereocenters. The molecule has 0 aliphatic rings. The van der Waals surface area contributed by atoms with Crippen molar-refractivity contribution in [3.05, 3.63) is 36.0 Å². The van der Waals surface area contributed by atoms with E-state index >= 15 is 0 Å². The maximum atomic E-state index is 6.31. The summed E-state index contributed by atoms with van der Waals surface area (Å²) in [6.07, 6.45) is 7.82. The summed E-state index contributed by atoms with van der Waals surface area (Å²) in [5.41, 5.74) is 8.49. The molecule has 2 aromatic heterocycles. The van der Waals surface area contributed by atoms with Crippen molar-refractivity contribution in [2.24, 2.45) is 28.0 Å². The normalized spacial score (nSPS) is 12.9. The molecule has 1 atom stereocenters. The molecule has 2 heterocycles. The van der Waals surface area contributed by atoms with Gasteiger partial charge in [0.2, 0.25) is 0 Å². The van der Waals surface area contributed by atoms with Crippen LogP contribution >= 0.6 is 23.1 Å². The van der Waals surface area contributed by atoms with Crippen molar-refractivity contribution >= 4 is 39.7 Å². The van der Waals surface area contributed by atoms with E-state index < -0.39 is 0 Å². The fourth-order valence-electron chi connectivity index (χ4n) is 3.88. The summed E-state index contributed by atoms with van der Waals surface area (Å²) < 4.78 is 2.63. The van der Waals surface area contributed by atoms with Crippen LogP contribution in [-0.2, 0) is 0 Å². The lowest BCUT2D eigenvalue weighted by atomic mass is 9.93. The third kappa shape index (κ3) is 8.72. The van der Waals surface area contributed by atoms with E-state index in [-0.39, 0.29) is 0 Å². The van der Waals surface area contributed by atoms with Crippen LogP contribution in [0.5, 0.6) is 0 Å². The van der Waals surface area contributed by atoms with E-state index in [9.17, 15) is 0 Å². The largest absolute Gasteiger partial charge is 0.382 e. The lowest BCUT2D eigenvalue weighted by molar-refractivity contribution is 0.409. The molecule has 9 heteroatoms. The maximum Gasteiger partial charge on any atom is 0.252 e. The van der Waals surface area contributed by atoms with Gasteiger partial charge in [0.15, 0.2) is 15.8 Å². The number of nitrogens with two attached hydrogens (primary N) is 1. The van der Waals surface area contributed by atoms with Crippen molar-refractivity contribution in [1.82, 2.24) is 20.0 Å². The van der Waals surface area contributed by atoms with E-state index in [1.54, 1.807) is 16.4 Å². The fraction of sp³-hybridized carbons (Fsp3) is 0.577. The number of nitrogens with zero attached hydrogens (tertiary/aromatic N) is 6. The number of aromatic nitrogens is 4. The van der Waals surface area contributed by atoms with Gasteiger partial charge in [0.05, 0.1) is 11.4 Å². The van der Waals surface area contributed by atoms with Crippen LogP contribution in [0.15, 0.2) is 44.9 Å². The Kier molecular flexibility index (Phi) is 10.7. The van der Waals surface area contributed by atoms with Gasteiger partial charge in [0.1, 0.15) is 0 Å². The highest BCUT2D eigenvalue weighted by Gasteiger charge is 2.15.